The second-order valence-corrected chi connectivity index (χ2v) is 5.91. The van der Waals surface area contributed by atoms with E-state index in [-0.39, 0.29) is 5.91 Å². The Labute approximate surface area is 131 Å². The van der Waals surface area contributed by atoms with Crippen molar-refractivity contribution in [2.75, 3.05) is 33.3 Å². The van der Waals surface area contributed by atoms with Gasteiger partial charge in [0, 0.05) is 39.6 Å². The maximum atomic E-state index is 11.4. The first-order chi connectivity index (χ1) is 10.6. The number of likely N-dealkylation sites (tertiary alicyclic amines) is 1. The first-order valence-electron chi connectivity index (χ1n) is 7.80. The summed E-state index contributed by atoms with van der Waals surface area (Å²) >= 11 is 0. The molecule has 6 nitrogen and oxygen atoms in total. The minimum absolute atomic E-state index is 0.116. The van der Waals surface area contributed by atoms with Gasteiger partial charge in [-0.15, -0.1) is 0 Å². The van der Waals surface area contributed by atoms with Crippen molar-refractivity contribution in [3.63, 3.8) is 0 Å². The fourth-order valence-corrected chi connectivity index (χ4v) is 2.79. The summed E-state index contributed by atoms with van der Waals surface area (Å²) in [5.41, 5.74) is 0. The zero-order valence-electron chi connectivity index (χ0n) is 13.4. The largest absolute Gasteiger partial charge is 0.467 e. The molecule has 0 aliphatic carbocycles. The molecule has 1 atom stereocenters. The number of ether oxygens (including phenoxy) is 1. The third-order valence-electron chi connectivity index (χ3n) is 4.21. The van der Waals surface area contributed by atoms with Gasteiger partial charge in [0.05, 0.1) is 19.0 Å². The predicted octanol–water partition coefficient (Wildman–Crippen LogP) is 1.10. The number of hydrogen-bond donors (Lipinski definition) is 1. The lowest BCUT2D eigenvalue weighted by molar-refractivity contribution is -0.130. The molecule has 1 N–H and O–H groups in total. The molecule has 1 aromatic heterocycles. The summed E-state index contributed by atoms with van der Waals surface area (Å²) in [5.74, 6) is 0.880. The van der Waals surface area contributed by atoms with Crippen molar-refractivity contribution in [2.24, 2.45) is 0 Å². The summed E-state index contributed by atoms with van der Waals surface area (Å²) in [5, 5.41) is 10.0. The SMILES string of the molecule is CC(=O)N(C)C1CCN(CC(O)COCc2ccco2)CC1. The van der Waals surface area contributed by atoms with E-state index >= 15 is 0 Å². The monoisotopic (exact) mass is 310 g/mol. The zero-order chi connectivity index (χ0) is 15.9. The highest BCUT2D eigenvalue weighted by Gasteiger charge is 2.24. The van der Waals surface area contributed by atoms with Gasteiger partial charge >= 0.3 is 0 Å². The van der Waals surface area contributed by atoms with Crippen LogP contribution in [0.3, 0.4) is 0 Å². The number of nitrogens with zero attached hydrogens (tertiary/aromatic N) is 2. The van der Waals surface area contributed by atoms with Crippen LogP contribution in [-0.2, 0) is 16.1 Å². The highest BCUT2D eigenvalue weighted by molar-refractivity contribution is 5.73. The molecule has 0 spiro atoms. The normalized spacial score (nSPS) is 18.3. The van der Waals surface area contributed by atoms with E-state index in [1.165, 1.54) is 0 Å². The number of aliphatic hydroxyl groups is 1. The number of carbonyl (C=O) groups excluding carboxylic acids is 1. The lowest BCUT2D eigenvalue weighted by Gasteiger charge is -2.37. The van der Waals surface area contributed by atoms with Gasteiger partial charge < -0.3 is 24.1 Å². The average molecular weight is 310 g/mol. The number of aliphatic hydroxyl groups excluding tert-OH is 1. The third kappa shape index (κ3) is 5.12. The van der Waals surface area contributed by atoms with Gasteiger partial charge in [-0.05, 0) is 25.0 Å². The molecule has 1 aromatic rings. The Balaban J connectivity index is 1.62. The average Bonchev–Trinajstić information content (AvgIpc) is 3.00. The molecule has 2 rings (SSSR count). The molecule has 0 bridgehead atoms. The van der Waals surface area contributed by atoms with Gasteiger partial charge in [0.1, 0.15) is 12.4 Å². The van der Waals surface area contributed by atoms with E-state index in [4.69, 9.17) is 9.15 Å². The predicted molar refractivity (Wildman–Crippen MR) is 82.3 cm³/mol. The summed E-state index contributed by atoms with van der Waals surface area (Å²) in [7, 11) is 1.86. The van der Waals surface area contributed by atoms with Gasteiger partial charge in [-0.25, -0.2) is 0 Å². The maximum Gasteiger partial charge on any atom is 0.219 e. The van der Waals surface area contributed by atoms with Gasteiger partial charge in [-0.3, -0.25) is 4.79 Å². The number of amides is 1. The Morgan fingerprint density at radius 3 is 2.86 bits per heavy atom. The molecule has 0 radical (unpaired) electrons. The summed E-state index contributed by atoms with van der Waals surface area (Å²) in [6, 6.07) is 3.99. The fraction of sp³-hybridized carbons (Fsp3) is 0.688. The van der Waals surface area contributed by atoms with Crippen LogP contribution in [-0.4, -0.2) is 66.2 Å². The van der Waals surface area contributed by atoms with Gasteiger partial charge in [0.2, 0.25) is 5.91 Å². The van der Waals surface area contributed by atoms with Crippen molar-refractivity contribution < 1.29 is 19.1 Å². The van der Waals surface area contributed by atoms with Crippen molar-refractivity contribution in [3.8, 4) is 0 Å². The van der Waals surface area contributed by atoms with Crippen LogP contribution in [0.4, 0.5) is 0 Å². The smallest absolute Gasteiger partial charge is 0.219 e. The van der Waals surface area contributed by atoms with Gasteiger partial charge in [-0.1, -0.05) is 0 Å². The Hall–Kier alpha value is -1.37. The fourth-order valence-electron chi connectivity index (χ4n) is 2.79. The first-order valence-corrected chi connectivity index (χ1v) is 7.80. The third-order valence-corrected chi connectivity index (χ3v) is 4.21. The molecule has 1 fully saturated rings. The maximum absolute atomic E-state index is 11.4. The quantitative estimate of drug-likeness (QED) is 0.817. The minimum atomic E-state index is -0.503. The minimum Gasteiger partial charge on any atom is -0.467 e. The van der Waals surface area contributed by atoms with E-state index < -0.39 is 6.10 Å². The number of rotatable bonds is 7. The molecular weight excluding hydrogens is 284 g/mol. The highest BCUT2D eigenvalue weighted by Crippen LogP contribution is 2.15. The highest BCUT2D eigenvalue weighted by atomic mass is 16.5. The van der Waals surface area contributed by atoms with Gasteiger partial charge in [0.15, 0.2) is 0 Å². The van der Waals surface area contributed by atoms with E-state index in [0.717, 1.165) is 31.7 Å². The van der Waals surface area contributed by atoms with Crippen LogP contribution in [0.15, 0.2) is 22.8 Å². The second-order valence-electron chi connectivity index (χ2n) is 5.91. The van der Waals surface area contributed by atoms with E-state index in [1.54, 1.807) is 13.2 Å². The van der Waals surface area contributed by atoms with Crippen molar-refractivity contribution in [1.29, 1.82) is 0 Å². The Bertz CT molecular complexity index is 441. The van der Waals surface area contributed by atoms with Crippen LogP contribution in [0.2, 0.25) is 0 Å². The molecule has 1 aliphatic heterocycles. The molecule has 0 saturated carbocycles. The Morgan fingerprint density at radius 1 is 1.55 bits per heavy atom. The molecule has 2 heterocycles. The van der Waals surface area contributed by atoms with Crippen LogP contribution in [0.5, 0.6) is 0 Å². The Morgan fingerprint density at radius 2 is 2.27 bits per heavy atom. The molecule has 6 heteroatoms. The molecule has 124 valence electrons. The van der Waals surface area contributed by atoms with Crippen molar-refractivity contribution in [1.82, 2.24) is 9.80 Å². The van der Waals surface area contributed by atoms with E-state index in [9.17, 15) is 9.90 Å². The standard InChI is InChI=1S/C16H26N2O4/c1-13(19)17(2)14-5-7-18(8-6-14)10-15(20)11-21-12-16-4-3-9-22-16/h3-4,9,14-15,20H,5-8,10-12H2,1-2H3. The number of β-amino-alcohol motifs (C(OH)–C–C–N with tert-alkyl or cyclic N) is 1. The lowest BCUT2D eigenvalue weighted by atomic mass is 10.0. The van der Waals surface area contributed by atoms with Crippen LogP contribution >= 0.6 is 0 Å². The molecule has 1 aliphatic rings. The lowest BCUT2D eigenvalue weighted by Crippen LogP contribution is -2.47. The molecule has 22 heavy (non-hydrogen) atoms. The summed E-state index contributed by atoms with van der Waals surface area (Å²) < 4.78 is 10.6. The number of piperidine rings is 1. The van der Waals surface area contributed by atoms with E-state index in [2.05, 4.69) is 4.90 Å². The van der Waals surface area contributed by atoms with Crippen LogP contribution in [0.1, 0.15) is 25.5 Å². The molecule has 1 amide bonds. The topological polar surface area (TPSA) is 66.2 Å². The van der Waals surface area contributed by atoms with Crippen LogP contribution < -0.4 is 0 Å². The van der Waals surface area contributed by atoms with Gasteiger partial charge in [-0.2, -0.15) is 0 Å². The second kappa shape index (κ2) is 8.31. The zero-order valence-corrected chi connectivity index (χ0v) is 13.4. The van der Waals surface area contributed by atoms with Crippen LogP contribution in [0.25, 0.3) is 0 Å². The van der Waals surface area contributed by atoms with Crippen molar-refractivity contribution in [2.45, 2.75) is 38.5 Å². The molecule has 1 unspecified atom stereocenters. The van der Waals surface area contributed by atoms with E-state index in [0.29, 0.717) is 25.8 Å². The Kier molecular flexibility index (Phi) is 6.42. The summed E-state index contributed by atoms with van der Waals surface area (Å²) in [6.07, 6.45) is 3.01. The number of furan rings is 1. The molecule has 1 saturated heterocycles. The molecule has 0 aromatic carbocycles. The van der Waals surface area contributed by atoms with Crippen LogP contribution in [0, 0.1) is 0 Å². The summed E-state index contributed by atoms with van der Waals surface area (Å²) in [4.78, 5) is 15.4. The van der Waals surface area contributed by atoms with E-state index in [1.807, 2.05) is 24.1 Å². The van der Waals surface area contributed by atoms with Gasteiger partial charge in [0.25, 0.3) is 0 Å². The van der Waals surface area contributed by atoms with Crippen molar-refractivity contribution in [3.05, 3.63) is 24.2 Å². The first kappa shape index (κ1) is 17.0. The summed E-state index contributed by atoms with van der Waals surface area (Å²) in [6.45, 7) is 4.69. The van der Waals surface area contributed by atoms with Crippen molar-refractivity contribution >= 4 is 5.91 Å². The number of hydrogen-bond acceptors (Lipinski definition) is 5. The molecular formula is C16H26N2O4. The number of carbonyl (C=O) groups is 1.